The highest BCUT2D eigenvalue weighted by Gasteiger charge is 2.29. The van der Waals surface area contributed by atoms with Gasteiger partial charge in [-0.15, -0.1) is 0 Å². The number of fused-ring (bicyclic) bond motifs is 1. The molecule has 2 aromatic rings. The Morgan fingerprint density at radius 1 is 1.07 bits per heavy atom. The second-order valence-electron chi connectivity index (χ2n) is 5.59. The van der Waals surface area contributed by atoms with Crippen molar-refractivity contribution < 1.29 is 33.3 Å². The summed E-state index contributed by atoms with van der Waals surface area (Å²) in [4.78, 5) is 24.1. The van der Waals surface area contributed by atoms with Crippen LogP contribution in [0.2, 0.25) is 0 Å². The van der Waals surface area contributed by atoms with Crippen molar-refractivity contribution in [2.24, 2.45) is 0 Å². The molecular weight excluding hydrogens is 354 g/mol. The number of amides is 1. The molecule has 1 aliphatic heterocycles. The van der Waals surface area contributed by atoms with E-state index in [1.807, 2.05) is 0 Å². The Balaban J connectivity index is 1.51. The molecule has 0 aliphatic carbocycles. The first kappa shape index (κ1) is 18.4. The number of esters is 1. The van der Waals surface area contributed by atoms with Crippen LogP contribution in [0.25, 0.3) is 0 Å². The number of carbonyl (C=O) groups is 2. The summed E-state index contributed by atoms with van der Waals surface area (Å²) >= 11 is 0. The van der Waals surface area contributed by atoms with Gasteiger partial charge in [0.15, 0.2) is 29.6 Å². The summed E-state index contributed by atoms with van der Waals surface area (Å²) in [6.07, 6.45) is -0.922. The van der Waals surface area contributed by atoms with Gasteiger partial charge in [0, 0.05) is 11.8 Å². The minimum Gasteiger partial charge on any atom is -0.493 e. The van der Waals surface area contributed by atoms with Gasteiger partial charge in [-0.3, -0.25) is 4.79 Å². The molecule has 1 aliphatic rings. The molecule has 8 heteroatoms. The topological polar surface area (TPSA) is 92.3 Å². The second kappa shape index (κ2) is 8.31. The van der Waals surface area contributed by atoms with Gasteiger partial charge in [-0.25, -0.2) is 4.79 Å². The van der Waals surface area contributed by atoms with Crippen LogP contribution in [0.5, 0.6) is 23.0 Å². The summed E-state index contributed by atoms with van der Waals surface area (Å²) in [6, 6.07) is 11.9. The monoisotopic (exact) mass is 373 g/mol. The number of anilines is 1. The lowest BCUT2D eigenvalue weighted by Gasteiger charge is -2.24. The van der Waals surface area contributed by atoms with E-state index in [1.54, 1.807) is 42.5 Å². The van der Waals surface area contributed by atoms with Gasteiger partial charge in [-0.1, -0.05) is 12.1 Å². The third-order valence-corrected chi connectivity index (χ3v) is 3.78. The molecule has 0 spiro atoms. The van der Waals surface area contributed by atoms with Crippen LogP contribution in [0.15, 0.2) is 42.5 Å². The Morgan fingerprint density at radius 2 is 1.81 bits per heavy atom. The SMILES string of the molecule is COc1ccc(NC(=O)COC(=O)C2COc3ccccc3O2)cc1OC. The van der Waals surface area contributed by atoms with Crippen molar-refractivity contribution in [2.45, 2.75) is 6.10 Å². The summed E-state index contributed by atoms with van der Waals surface area (Å²) in [7, 11) is 3.01. The van der Waals surface area contributed by atoms with E-state index in [9.17, 15) is 9.59 Å². The number of rotatable bonds is 6. The number of benzene rings is 2. The van der Waals surface area contributed by atoms with E-state index in [-0.39, 0.29) is 6.61 Å². The van der Waals surface area contributed by atoms with Gasteiger partial charge in [0.25, 0.3) is 5.91 Å². The van der Waals surface area contributed by atoms with Gasteiger partial charge in [0.1, 0.15) is 6.61 Å². The second-order valence-corrected chi connectivity index (χ2v) is 5.59. The van der Waals surface area contributed by atoms with E-state index in [0.717, 1.165) is 0 Å². The highest BCUT2D eigenvalue weighted by Crippen LogP contribution is 2.31. The normalized spacial score (nSPS) is 14.8. The lowest BCUT2D eigenvalue weighted by Crippen LogP contribution is -2.39. The number of para-hydroxylation sites is 2. The van der Waals surface area contributed by atoms with Crippen LogP contribution in [0.1, 0.15) is 0 Å². The number of carbonyl (C=O) groups excluding carboxylic acids is 2. The van der Waals surface area contributed by atoms with E-state index >= 15 is 0 Å². The van der Waals surface area contributed by atoms with Crippen LogP contribution >= 0.6 is 0 Å². The molecule has 27 heavy (non-hydrogen) atoms. The lowest BCUT2D eigenvalue weighted by atomic mass is 10.2. The van der Waals surface area contributed by atoms with E-state index in [0.29, 0.717) is 28.7 Å². The summed E-state index contributed by atoms with van der Waals surface area (Å²) in [5.74, 6) is 0.864. The lowest BCUT2D eigenvalue weighted by molar-refractivity contribution is -0.156. The Bertz CT molecular complexity index is 837. The van der Waals surface area contributed by atoms with Gasteiger partial charge in [0.2, 0.25) is 6.10 Å². The largest absolute Gasteiger partial charge is 0.493 e. The maximum Gasteiger partial charge on any atom is 0.351 e. The van der Waals surface area contributed by atoms with Gasteiger partial charge in [0.05, 0.1) is 14.2 Å². The molecule has 0 radical (unpaired) electrons. The van der Waals surface area contributed by atoms with Crippen LogP contribution in [-0.4, -0.2) is 45.4 Å². The highest BCUT2D eigenvalue weighted by molar-refractivity contribution is 5.93. The smallest absolute Gasteiger partial charge is 0.351 e. The van der Waals surface area contributed by atoms with Crippen LogP contribution < -0.4 is 24.3 Å². The van der Waals surface area contributed by atoms with Crippen molar-refractivity contribution in [1.82, 2.24) is 0 Å². The Morgan fingerprint density at radius 3 is 2.56 bits per heavy atom. The minimum absolute atomic E-state index is 0.0210. The first-order valence-corrected chi connectivity index (χ1v) is 8.17. The predicted octanol–water partition coefficient (Wildman–Crippen LogP) is 2.03. The molecule has 0 saturated carbocycles. The molecule has 2 aromatic carbocycles. The van der Waals surface area contributed by atoms with Crippen molar-refractivity contribution in [3.8, 4) is 23.0 Å². The number of hydrogen-bond donors (Lipinski definition) is 1. The van der Waals surface area contributed by atoms with Crippen molar-refractivity contribution in [3.05, 3.63) is 42.5 Å². The fourth-order valence-corrected chi connectivity index (χ4v) is 2.48. The fourth-order valence-electron chi connectivity index (χ4n) is 2.48. The molecule has 8 nitrogen and oxygen atoms in total. The van der Waals surface area contributed by atoms with Crippen molar-refractivity contribution in [1.29, 1.82) is 0 Å². The van der Waals surface area contributed by atoms with Crippen LogP contribution in [0.4, 0.5) is 5.69 Å². The molecule has 0 bridgehead atoms. The van der Waals surface area contributed by atoms with E-state index in [4.69, 9.17) is 23.7 Å². The van der Waals surface area contributed by atoms with Crippen LogP contribution in [-0.2, 0) is 14.3 Å². The predicted molar refractivity (Wildman–Crippen MR) is 95.5 cm³/mol. The fraction of sp³-hybridized carbons (Fsp3) is 0.263. The molecule has 0 saturated heterocycles. The van der Waals surface area contributed by atoms with Crippen LogP contribution in [0.3, 0.4) is 0 Å². The molecule has 0 fully saturated rings. The molecule has 1 N–H and O–H groups in total. The zero-order valence-electron chi connectivity index (χ0n) is 14.9. The van der Waals surface area contributed by atoms with Gasteiger partial charge >= 0.3 is 5.97 Å². The Kier molecular flexibility index (Phi) is 5.65. The van der Waals surface area contributed by atoms with Gasteiger partial charge < -0.3 is 29.0 Å². The van der Waals surface area contributed by atoms with Crippen molar-refractivity contribution in [3.63, 3.8) is 0 Å². The number of hydrogen-bond acceptors (Lipinski definition) is 7. The summed E-state index contributed by atoms with van der Waals surface area (Å²) in [5, 5.41) is 2.62. The maximum atomic E-state index is 12.1. The first-order chi connectivity index (χ1) is 13.1. The van der Waals surface area contributed by atoms with Crippen molar-refractivity contribution in [2.75, 3.05) is 32.8 Å². The highest BCUT2D eigenvalue weighted by atomic mass is 16.6. The molecule has 1 amide bonds. The van der Waals surface area contributed by atoms with E-state index in [2.05, 4.69) is 5.32 Å². The number of ether oxygens (including phenoxy) is 5. The van der Waals surface area contributed by atoms with Crippen molar-refractivity contribution >= 4 is 17.6 Å². The molecule has 1 unspecified atom stereocenters. The van der Waals surface area contributed by atoms with E-state index in [1.165, 1.54) is 14.2 Å². The molecular formula is C19H19NO7. The molecule has 1 heterocycles. The molecule has 142 valence electrons. The average molecular weight is 373 g/mol. The number of nitrogens with one attached hydrogen (secondary N) is 1. The molecule has 1 atom stereocenters. The third-order valence-electron chi connectivity index (χ3n) is 3.78. The molecule has 3 rings (SSSR count). The first-order valence-electron chi connectivity index (χ1n) is 8.17. The maximum absolute atomic E-state index is 12.1. The Hall–Kier alpha value is -3.42. The quantitative estimate of drug-likeness (QED) is 0.775. The van der Waals surface area contributed by atoms with E-state index < -0.39 is 24.6 Å². The summed E-state index contributed by atoms with van der Waals surface area (Å²) in [6.45, 7) is -0.429. The summed E-state index contributed by atoms with van der Waals surface area (Å²) in [5.41, 5.74) is 0.486. The average Bonchev–Trinajstić information content (AvgIpc) is 2.71. The van der Waals surface area contributed by atoms with Gasteiger partial charge in [-0.05, 0) is 24.3 Å². The third kappa shape index (κ3) is 4.41. The minimum atomic E-state index is -0.922. The zero-order valence-corrected chi connectivity index (χ0v) is 14.9. The summed E-state index contributed by atoms with van der Waals surface area (Å²) < 4.78 is 26.3. The Labute approximate surface area is 155 Å². The number of methoxy groups -OCH3 is 2. The van der Waals surface area contributed by atoms with Crippen LogP contribution in [0, 0.1) is 0 Å². The van der Waals surface area contributed by atoms with Gasteiger partial charge in [-0.2, -0.15) is 0 Å². The molecule has 0 aromatic heterocycles. The zero-order chi connectivity index (χ0) is 19.2. The standard InChI is InChI=1S/C19H19NO7/c1-23-13-8-7-12(9-16(13)24-2)20-18(21)11-26-19(22)17-10-25-14-5-3-4-6-15(14)27-17/h3-9,17H,10-11H2,1-2H3,(H,20,21).